The molecule has 160 valence electrons. The van der Waals surface area contributed by atoms with Crippen LogP contribution in [0, 0.1) is 6.92 Å². The standard InChI is InChI=1S/C24H24N2O5/c1-17-8-10-18(11-9-17)23(27)26-22(16-21-7-4-13-30-21)24(28)25-12-14-31-20-6-3-5-19(15-20)29-2/h3-11,13,15-16H,12,14H2,1-2H3,(H,25,28)(H,26,27)/b22-16-. The molecule has 2 amide bonds. The number of methoxy groups -OCH3 is 1. The maximum atomic E-state index is 12.7. The highest BCUT2D eigenvalue weighted by molar-refractivity contribution is 6.05. The largest absolute Gasteiger partial charge is 0.497 e. The first kappa shape index (κ1) is 21.7. The summed E-state index contributed by atoms with van der Waals surface area (Å²) in [5, 5.41) is 5.40. The Kier molecular flexibility index (Phi) is 7.48. The van der Waals surface area contributed by atoms with E-state index in [-0.39, 0.29) is 24.8 Å². The second-order valence-electron chi connectivity index (χ2n) is 6.68. The van der Waals surface area contributed by atoms with Gasteiger partial charge in [0.25, 0.3) is 11.8 Å². The average molecular weight is 420 g/mol. The van der Waals surface area contributed by atoms with Gasteiger partial charge in [0, 0.05) is 17.7 Å². The number of aryl methyl sites for hydroxylation is 1. The minimum Gasteiger partial charge on any atom is -0.497 e. The molecule has 0 aliphatic heterocycles. The smallest absolute Gasteiger partial charge is 0.268 e. The topological polar surface area (TPSA) is 89.8 Å². The fourth-order valence-corrected chi connectivity index (χ4v) is 2.69. The molecule has 1 aromatic heterocycles. The molecular formula is C24H24N2O5. The Hall–Kier alpha value is -4.00. The lowest BCUT2D eigenvalue weighted by Gasteiger charge is -2.12. The van der Waals surface area contributed by atoms with Gasteiger partial charge in [0.1, 0.15) is 29.6 Å². The van der Waals surface area contributed by atoms with E-state index in [0.717, 1.165) is 5.56 Å². The lowest BCUT2D eigenvalue weighted by atomic mass is 10.1. The zero-order chi connectivity index (χ0) is 22.1. The first-order valence-corrected chi connectivity index (χ1v) is 9.73. The molecule has 31 heavy (non-hydrogen) atoms. The number of amides is 2. The molecule has 2 N–H and O–H groups in total. The molecule has 3 aromatic rings. The lowest BCUT2D eigenvalue weighted by Crippen LogP contribution is -2.36. The van der Waals surface area contributed by atoms with Gasteiger partial charge in [0.15, 0.2) is 0 Å². The SMILES string of the molecule is COc1cccc(OCCNC(=O)/C(=C/c2ccco2)NC(=O)c2ccc(C)cc2)c1. The van der Waals surface area contributed by atoms with Crippen molar-refractivity contribution < 1.29 is 23.5 Å². The van der Waals surface area contributed by atoms with E-state index in [1.54, 1.807) is 43.5 Å². The van der Waals surface area contributed by atoms with Crippen molar-refractivity contribution in [2.45, 2.75) is 6.92 Å². The second-order valence-corrected chi connectivity index (χ2v) is 6.68. The van der Waals surface area contributed by atoms with E-state index in [4.69, 9.17) is 13.9 Å². The zero-order valence-corrected chi connectivity index (χ0v) is 17.4. The molecule has 2 aromatic carbocycles. The molecule has 0 aliphatic rings. The van der Waals surface area contributed by atoms with Gasteiger partial charge in [-0.3, -0.25) is 9.59 Å². The summed E-state index contributed by atoms with van der Waals surface area (Å²) in [5.41, 5.74) is 1.56. The number of hydrogen-bond donors (Lipinski definition) is 2. The van der Waals surface area contributed by atoms with Crippen LogP contribution < -0.4 is 20.1 Å². The molecule has 7 nitrogen and oxygen atoms in total. The van der Waals surface area contributed by atoms with Crippen LogP contribution >= 0.6 is 0 Å². The van der Waals surface area contributed by atoms with Crippen LogP contribution in [0.25, 0.3) is 6.08 Å². The molecule has 0 saturated heterocycles. The Morgan fingerprint density at radius 2 is 1.81 bits per heavy atom. The van der Waals surface area contributed by atoms with Gasteiger partial charge in [0.2, 0.25) is 0 Å². The highest BCUT2D eigenvalue weighted by Gasteiger charge is 2.15. The number of rotatable bonds is 9. The number of carbonyl (C=O) groups excluding carboxylic acids is 2. The third-order valence-corrected chi connectivity index (χ3v) is 4.33. The lowest BCUT2D eigenvalue weighted by molar-refractivity contribution is -0.117. The van der Waals surface area contributed by atoms with Crippen molar-refractivity contribution in [1.82, 2.24) is 10.6 Å². The summed E-state index contributed by atoms with van der Waals surface area (Å²) in [7, 11) is 1.58. The second kappa shape index (κ2) is 10.7. The fourth-order valence-electron chi connectivity index (χ4n) is 2.69. The van der Waals surface area contributed by atoms with E-state index in [2.05, 4.69) is 10.6 Å². The van der Waals surface area contributed by atoms with Gasteiger partial charge in [-0.1, -0.05) is 23.8 Å². The molecule has 0 aliphatic carbocycles. The normalized spacial score (nSPS) is 11.0. The van der Waals surface area contributed by atoms with Gasteiger partial charge in [-0.05, 0) is 43.3 Å². The quantitative estimate of drug-likeness (QED) is 0.408. The van der Waals surface area contributed by atoms with Gasteiger partial charge in [-0.15, -0.1) is 0 Å². The van der Waals surface area contributed by atoms with Crippen LogP contribution in [0.4, 0.5) is 0 Å². The summed E-state index contributed by atoms with van der Waals surface area (Å²) in [6.45, 7) is 2.43. The first-order chi connectivity index (χ1) is 15.0. The predicted octanol–water partition coefficient (Wildman–Crippen LogP) is 3.56. The van der Waals surface area contributed by atoms with E-state index >= 15 is 0 Å². The number of furan rings is 1. The Labute approximate surface area is 180 Å². The first-order valence-electron chi connectivity index (χ1n) is 9.73. The van der Waals surface area contributed by atoms with E-state index in [1.165, 1.54) is 12.3 Å². The molecule has 3 rings (SSSR count). The van der Waals surface area contributed by atoms with E-state index in [0.29, 0.717) is 22.8 Å². The summed E-state index contributed by atoms with van der Waals surface area (Å²) >= 11 is 0. The van der Waals surface area contributed by atoms with Gasteiger partial charge < -0.3 is 24.5 Å². The van der Waals surface area contributed by atoms with Crippen molar-refractivity contribution >= 4 is 17.9 Å². The van der Waals surface area contributed by atoms with Crippen LogP contribution in [0.3, 0.4) is 0 Å². The van der Waals surface area contributed by atoms with E-state index < -0.39 is 5.91 Å². The summed E-state index contributed by atoms with van der Waals surface area (Å²) in [6, 6.07) is 17.7. The predicted molar refractivity (Wildman–Crippen MR) is 117 cm³/mol. The Morgan fingerprint density at radius 3 is 2.52 bits per heavy atom. The molecular weight excluding hydrogens is 396 g/mol. The number of benzene rings is 2. The molecule has 0 fully saturated rings. The number of ether oxygens (including phenoxy) is 2. The number of nitrogens with one attached hydrogen (secondary N) is 2. The van der Waals surface area contributed by atoms with Crippen molar-refractivity contribution in [3.05, 3.63) is 89.5 Å². The maximum Gasteiger partial charge on any atom is 0.268 e. The molecule has 0 bridgehead atoms. The van der Waals surface area contributed by atoms with Crippen molar-refractivity contribution in [1.29, 1.82) is 0 Å². The van der Waals surface area contributed by atoms with Crippen LogP contribution in [0.5, 0.6) is 11.5 Å². The van der Waals surface area contributed by atoms with E-state index in [9.17, 15) is 9.59 Å². The monoisotopic (exact) mass is 420 g/mol. The highest BCUT2D eigenvalue weighted by Crippen LogP contribution is 2.18. The van der Waals surface area contributed by atoms with Gasteiger partial charge in [0.05, 0.1) is 19.9 Å². The molecule has 7 heteroatoms. The van der Waals surface area contributed by atoms with Gasteiger partial charge >= 0.3 is 0 Å². The highest BCUT2D eigenvalue weighted by atomic mass is 16.5. The van der Waals surface area contributed by atoms with Crippen LogP contribution in [0.1, 0.15) is 21.7 Å². The Morgan fingerprint density at radius 1 is 1.03 bits per heavy atom. The van der Waals surface area contributed by atoms with Crippen molar-refractivity contribution in [3.8, 4) is 11.5 Å². The van der Waals surface area contributed by atoms with Crippen molar-refractivity contribution in [3.63, 3.8) is 0 Å². The van der Waals surface area contributed by atoms with E-state index in [1.807, 2.05) is 31.2 Å². The Balaban J connectivity index is 1.61. The maximum absolute atomic E-state index is 12.7. The number of hydrogen-bond acceptors (Lipinski definition) is 5. The van der Waals surface area contributed by atoms with Crippen LogP contribution in [0.15, 0.2) is 77.0 Å². The molecule has 0 radical (unpaired) electrons. The molecule has 0 spiro atoms. The summed E-state index contributed by atoms with van der Waals surface area (Å²) in [4.78, 5) is 25.3. The summed E-state index contributed by atoms with van der Waals surface area (Å²) in [5.74, 6) is 0.922. The minimum atomic E-state index is -0.453. The molecule has 0 saturated carbocycles. The molecule has 0 atom stereocenters. The fraction of sp³-hybridized carbons (Fsp3) is 0.167. The molecule has 1 heterocycles. The van der Waals surface area contributed by atoms with Crippen molar-refractivity contribution in [2.75, 3.05) is 20.3 Å². The minimum absolute atomic E-state index is 0.0712. The Bertz CT molecular complexity index is 1040. The van der Waals surface area contributed by atoms with Crippen LogP contribution in [-0.2, 0) is 4.79 Å². The third kappa shape index (κ3) is 6.50. The summed E-state index contributed by atoms with van der Waals surface area (Å²) in [6.07, 6.45) is 2.97. The molecule has 0 unspecified atom stereocenters. The van der Waals surface area contributed by atoms with Gasteiger partial charge in [-0.25, -0.2) is 0 Å². The third-order valence-electron chi connectivity index (χ3n) is 4.33. The summed E-state index contributed by atoms with van der Waals surface area (Å²) < 4.78 is 16.1. The van der Waals surface area contributed by atoms with Crippen molar-refractivity contribution in [2.24, 2.45) is 0 Å². The number of carbonyl (C=O) groups is 2. The van der Waals surface area contributed by atoms with Crippen LogP contribution in [0.2, 0.25) is 0 Å². The zero-order valence-electron chi connectivity index (χ0n) is 17.4. The van der Waals surface area contributed by atoms with Gasteiger partial charge in [-0.2, -0.15) is 0 Å². The van der Waals surface area contributed by atoms with Crippen LogP contribution in [-0.4, -0.2) is 32.1 Å². The average Bonchev–Trinajstić information content (AvgIpc) is 3.30.